The maximum atomic E-state index is 12.3. The van der Waals surface area contributed by atoms with Crippen molar-refractivity contribution in [1.29, 1.82) is 0 Å². The molecule has 0 saturated heterocycles. The first-order valence-electron chi connectivity index (χ1n) is 8.51. The number of hydrogen-bond acceptors (Lipinski definition) is 3. The number of carbonyl (C=O) groups is 1. The Labute approximate surface area is 147 Å². The molecule has 2 N–H and O–H groups in total. The summed E-state index contributed by atoms with van der Waals surface area (Å²) in [5.74, 6) is 1.52. The number of urea groups is 1. The van der Waals surface area contributed by atoms with Gasteiger partial charge >= 0.3 is 6.03 Å². The van der Waals surface area contributed by atoms with Gasteiger partial charge in [0.2, 0.25) is 0 Å². The van der Waals surface area contributed by atoms with Crippen molar-refractivity contribution in [3.05, 3.63) is 47.8 Å². The van der Waals surface area contributed by atoms with Gasteiger partial charge in [0, 0.05) is 29.7 Å². The van der Waals surface area contributed by atoms with E-state index in [4.69, 9.17) is 0 Å². The Hall–Kier alpha value is -1.95. The van der Waals surface area contributed by atoms with E-state index in [0.717, 1.165) is 23.7 Å². The van der Waals surface area contributed by atoms with E-state index in [9.17, 15) is 4.79 Å². The molecule has 0 aliphatic heterocycles. The Morgan fingerprint density at radius 1 is 1.38 bits per heavy atom. The van der Waals surface area contributed by atoms with Gasteiger partial charge < -0.3 is 10.2 Å². The molecule has 1 heterocycles. The van der Waals surface area contributed by atoms with E-state index in [1.165, 1.54) is 17.7 Å². The third kappa shape index (κ3) is 4.77. The van der Waals surface area contributed by atoms with Crippen molar-refractivity contribution in [1.82, 2.24) is 20.4 Å². The summed E-state index contributed by atoms with van der Waals surface area (Å²) in [6.45, 7) is 3.95. The van der Waals surface area contributed by atoms with E-state index in [0.29, 0.717) is 19.0 Å². The molecule has 128 valence electrons. The molecule has 0 bridgehead atoms. The smallest absolute Gasteiger partial charge is 0.317 e. The zero-order valence-corrected chi connectivity index (χ0v) is 14.8. The number of H-pyrrole nitrogens is 1. The number of aromatic amines is 1. The van der Waals surface area contributed by atoms with Gasteiger partial charge in [0.05, 0.1) is 17.9 Å². The molecule has 1 aliphatic rings. The van der Waals surface area contributed by atoms with Crippen LogP contribution in [0.15, 0.2) is 41.3 Å². The molecule has 24 heavy (non-hydrogen) atoms. The second-order valence-corrected chi connectivity index (χ2v) is 7.16. The van der Waals surface area contributed by atoms with E-state index in [1.54, 1.807) is 11.8 Å². The Bertz CT molecular complexity index is 654. The third-order valence-corrected chi connectivity index (χ3v) is 5.11. The Kier molecular flexibility index (Phi) is 5.80. The summed E-state index contributed by atoms with van der Waals surface area (Å²) >= 11 is 1.77. The van der Waals surface area contributed by atoms with E-state index >= 15 is 0 Å². The summed E-state index contributed by atoms with van der Waals surface area (Å²) in [4.78, 5) is 15.4. The average Bonchev–Trinajstić information content (AvgIpc) is 3.36. The predicted octanol–water partition coefficient (Wildman–Crippen LogP) is 3.61. The van der Waals surface area contributed by atoms with Crippen LogP contribution in [0.4, 0.5) is 4.79 Å². The maximum Gasteiger partial charge on any atom is 0.317 e. The highest BCUT2D eigenvalue weighted by atomic mass is 32.2. The number of nitrogens with one attached hydrogen (secondary N) is 2. The van der Waals surface area contributed by atoms with Crippen molar-refractivity contribution in [2.75, 3.05) is 18.8 Å². The lowest BCUT2D eigenvalue weighted by Gasteiger charge is -2.21. The van der Waals surface area contributed by atoms with Crippen LogP contribution in [0.5, 0.6) is 0 Å². The molecule has 6 heteroatoms. The van der Waals surface area contributed by atoms with Crippen molar-refractivity contribution in [2.45, 2.75) is 37.1 Å². The fraction of sp³-hybridized carbons (Fsp3) is 0.444. The summed E-state index contributed by atoms with van der Waals surface area (Å²) < 4.78 is 0. The highest BCUT2D eigenvalue weighted by Gasteiger charge is 2.26. The molecule has 1 aromatic heterocycles. The van der Waals surface area contributed by atoms with Crippen LogP contribution in [0.3, 0.4) is 0 Å². The standard InChI is InChI=1S/C18H24N4OS/c1-2-22(10-11-24-16-6-4-3-5-7-16)18(23)19-13-15-12-17(21-20-15)14-8-9-14/h3-7,12,14H,2,8-11,13H2,1H3,(H,19,23)(H,20,21). The lowest BCUT2D eigenvalue weighted by Crippen LogP contribution is -2.40. The zero-order chi connectivity index (χ0) is 16.8. The van der Waals surface area contributed by atoms with Gasteiger partial charge in [-0.15, -0.1) is 11.8 Å². The van der Waals surface area contributed by atoms with E-state index < -0.39 is 0 Å². The van der Waals surface area contributed by atoms with Crippen molar-refractivity contribution >= 4 is 17.8 Å². The number of thioether (sulfide) groups is 1. The van der Waals surface area contributed by atoms with Gasteiger partial charge in [-0.3, -0.25) is 5.10 Å². The van der Waals surface area contributed by atoms with Gasteiger partial charge in [0.15, 0.2) is 0 Å². The monoisotopic (exact) mass is 344 g/mol. The molecule has 1 fully saturated rings. The van der Waals surface area contributed by atoms with Gasteiger partial charge in [0.25, 0.3) is 0 Å². The molecule has 0 atom stereocenters. The zero-order valence-electron chi connectivity index (χ0n) is 14.0. The van der Waals surface area contributed by atoms with E-state index in [2.05, 4.69) is 33.7 Å². The molecule has 0 spiro atoms. The molecule has 2 aromatic rings. The highest BCUT2D eigenvalue weighted by Crippen LogP contribution is 2.38. The van der Waals surface area contributed by atoms with Gasteiger partial charge in [-0.05, 0) is 38.0 Å². The lowest BCUT2D eigenvalue weighted by molar-refractivity contribution is 0.203. The average molecular weight is 344 g/mol. The molecule has 0 radical (unpaired) electrons. The Balaban J connectivity index is 1.41. The summed E-state index contributed by atoms with van der Waals surface area (Å²) in [5, 5.41) is 10.3. The van der Waals surface area contributed by atoms with Crippen LogP contribution in [0.25, 0.3) is 0 Å². The van der Waals surface area contributed by atoms with Crippen LogP contribution >= 0.6 is 11.8 Å². The number of carbonyl (C=O) groups excluding carboxylic acids is 1. The van der Waals surface area contributed by atoms with Crippen molar-refractivity contribution in [3.8, 4) is 0 Å². The van der Waals surface area contributed by atoms with Gasteiger partial charge in [0.1, 0.15) is 0 Å². The number of nitrogens with zero attached hydrogens (tertiary/aromatic N) is 2. The summed E-state index contributed by atoms with van der Waals surface area (Å²) in [5.41, 5.74) is 2.10. The quantitative estimate of drug-likeness (QED) is 0.719. The van der Waals surface area contributed by atoms with Crippen molar-refractivity contribution in [2.24, 2.45) is 0 Å². The number of aromatic nitrogens is 2. The molecular formula is C18H24N4OS. The first kappa shape index (κ1) is 16.9. The minimum absolute atomic E-state index is 0.0197. The Morgan fingerprint density at radius 3 is 2.88 bits per heavy atom. The summed E-state index contributed by atoms with van der Waals surface area (Å²) in [7, 11) is 0. The van der Waals surface area contributed by atoms with Gasteiger partial charge in [-0.2, -0.15) is 5.10 Å². The number of benzene rings is 1. The molecule has 1 aliphatic carbocycles. The largest absolute Gasteiger partial charge is 0.332 e. The minimum atomic E-state index is -0.0197. The van der Waals surface area contributed by atoms with Crippen molar-refractivity contribution < 1.29 is 4.79 Å². The molecular weight excluding hydrogens is 320 g/mol. The number of amides is 2. The highest BCUT2D eigenvalue weighted by molar-refractivity contribution is 7.99. The number of hydrogen-bond donors (Lipinski definition) is 2. The van der Waals surface area contributed by atoms with Crippen LogP contribution in [-0.4, -0.2) is 40.0 Å². The first-order chi connectivity index (χ1) is 11.8. The van der Waals surface area contributed by atoms with E-state index in [1.807, 2.05) is 30.0 Å². The van der Waals surface area contributed by atoms with Crippen LogP contribution in [0.1, 0.15) is 37.1 Å². The molecule has 0 unspecified atom stereocenters. The van der Waals surface area contributed by atoms with E-state index in [-0.39, 0.29) is 6.03 Å². The van der Waals surface area contributed by atoms with Crippen molar-refractivity contribution in [3.63, 3.8) is 0 Å². The molecule has 1 aromatic carbocycles. The topological polar surface area (TPSA) is 61.0 Å². The van der Waals surface area contributed by atoms with Crippen LogP contribution in [-0.2, 0) is 6.54 Å². The molecule has 2 amide bonds. The second kappa shape index (κ2) is 8.24. The van der Waals surface area contributed by atoms with Gasteiger partial charge in [-0.1, -0.05) is 18.2 Å². The third-order valence-electron chi connectivity index (χ3n) is 4.12. The lowest BCUT2D eigenvalue weighted by atomic mass is 10.3. The van der Waals surface area contributed by atoms with Gasteiger partial charge in [-0.25, -0.2) is 4.79 Å². The maximum absolute atomic E-state index is 12.3. The normalized spacial score (nSPS) is 13.7. The van der Waals surface area contributed by atoms with Crippen LogP contribution < -0.4 is 5.32 Å². The summed E-state index contributed by atoms with van der Waals surface area (Å²) in [6.07, 6.45) is 2.47. The molecule has 3 rings (SSSR count). The number of rotatable bonds is 8. The molecule has 1 saturated carbocycles. The fourth-order valence-corrected chi connectivity index (χ4v) is 3.43. The summed E-state index contributed by atoms with van der Waals surface area (Å²) in [6, 6.07) is 12.3. The van der Waals surface area contributed by atoms with Crippen LogP contribution in [0, 0.1) is 0 Å². The van der Waals surface area contributed by atoms with Crippen LogP contribution in [0.2, 0.25) is 0 Å². The first-order valence-corrected chi connectivity index (χ1v) is 9.49. The predicted molar refractivity (Wildman–Crippen MR) is 97.2 cm³/mol. The molecule has 5 nitrogen and oxygen atoms in total. The minimum Gasteiger partial charge on any atom is -0.332 e. The fourth-order valence-electron chi connectivity index (χ4n) is 2.53. The Morgan fingerprint density at radius 2 is 2.17 bits per heavy atom. The SMILES string of the molecule is CCN(CCSc1ccccc1)C(=O)NCc1cc(C2CC2)n[nH]1. The second-order valence-electron chi connectivity index (χ2n) is 5.99.